The number of rotatable bonds is 8. The van der Waals surface area contributed by atoms with Gasteiger partial charge < -0.3 is 19.9 Å². The van der Waals surface area contributed by atoms with E-state index in [1.165, 1.54) is 0 Å². The number of hydrogen-bond acceptors (Lipinski definition) is 4. The van der Waals surface area contributed by atoms with Gasteiger partial charge in [-0.15, -0.1) is 0 Å². The molecule has 0 saturated heterocycles. The second kappa shape index (κ2) is 5.66. The minimum atomic E-state index is -0.186. The van der Waals surface area contributed by atoms with Crippen molar-refractivity contribution in [2.45, 2.75) is 38.5 Å². The van der Waals surface area contributed by atoms with Crippen LogP contribution >= 0.6 is 0 Å². The summed E-state index contributed by atoms with van der Waals surface area (Å²) in [5, 5.41) is 12.4. The SMILES string of the molecule is CCOC(CNC1(CO)CC1)OCC. The highest BCUT2D eigenvalue weighted by Crippen LogP contribution is 2.34. The minimum Gasteiger partial charge on any atom is -0.394 e. The molecule has 0 heterocycles. The van der Waals surface area contributed by atoms with Crippen molar-refractivity contribution >= 4 is 0 Å². The largest absolute Gasteiger partial charge is 0.394 e. The van der Waals surface area contributed by atoms with Gasteiger partial charge in [0.15, 0.2) is 6.29 Å². The Labute approximate surface area is 85.6 Å². The van der Waals surface area contributed by atoms with Gasteiger partial charge in [-0.25, -0.2) is 0 Å². The molecule has 1 fully saturated rings. The smallest absolute Gasteiger partial charge is 0.169 e. The van der Waals surface area contributed by atoms with Crippen molar-refractivity contribution in [3.63, 3.8) is 0 Å². The van der Waals surface area contributed by atoms with E-state index >= 15 is 0 Å². The van der Waals surface area contributed by atoms with Gasteiger partial charge in [0, 0.05) is 25.3 Å². The number of nitrogens with one attached hydrogen (secondary N) is 1. The molecule has 0 spiro atoms. The van der Waals surface area contributed by atoms with Crippen molar-refractivity contribution in [3.05, 3.63) is 0 Å². The van der Waals surface area contributed by atoms with Gasteiger partial charge in [-0.2, -0.15) is 0 Å². The Morgan fingerprint density at radius 1 is 1.29 bits per heavy atom. The lowest BCUT2D eigenvalue weighted by molar-refractivity contribution is -0.134. The Kier molecular flexibility index (Phi) is 4.81. The first-order chi connectivity index (χ1) is 6.76. The summed E-state index contributed by atoms with van der Waals surface area (Å²) < 4.78 is 10.8. The van der Waals surface area contributed by atoms with Gasteiger partial charge in [-0.1, -0.05) is 0 Å². The zero-order valence-electron chi connectivity index (χ0n) is 9.08. The van der Waals surface area contributed by atoms with E-state index in [2.05, 4.69) is 5.32 Å². The summed E-state index contributed by atoms with van der Waals surface area (Å²) in [7, 11) is 0. The van der Waals surface area contributed by atoms with E-state index in [0.29, 0.717) is 19.8 Å². The number of ether oxygens (including phenoxy) is 2. The Morgan fingerprint density at radius 3 is 2.21 bits per heavy atom. The first kappa shape index (κ1) is 11.9. The van der Waals surface area contributed by atoms with Crippen LogP contribution in [0.2, 0.25) is 0 Å². The summed E-state index contributed by atoms with van der Waals surface area (Å²) >= 11 is 0. The average Bonchev–Trinajstić information content (AvgIpc) is 2.96. The van der Waals surface area contributed by atoms with Gasteiger partial charge in [0.25, 0.3) is 0 Å². The minimum absolute atomic E-state index is 0.0353. The van der Waals surface area contributed by atoms with Gasteiger partial charge in [0.2, 0.25) is 0 Å². The lowest BCUT2D eigenvalue weighted by atomic mass is 10.3. The Morgan fingerprint density at radius 2 is 1.86 bits per heavy atom. The zero-order valence-corrected chi connectivity index (χ0v) is 9.08. The fraction of sp³-hybridized carbons (Fsp3) is 1.00. The molecule has 0 radical (unpaired) electrons. The standard InChI is InChI=1S/C10H21NO3/c1-3-13-9(14-4-2)7-11-10(8-12)5-6-10/h9,11-12H,3-8H2,1-2H3. The molecule has 84 valence electrons. The van der Waals surface area contributed by atoms with Crippen LogP contribution in [0.3, 0.4) is 0 Å². The van der Waals surface area contributed by atoms with Crippen molar-refractivity contribution in [1.29, 1.82) is 0 Å². The fourth-order valence-electron chi connectivity index (χ4n) is 1.38. The van der Waals surface area contributed by atoms with Crippen molar-refractivity contribution < 1.29 is 14.6 Å². The quantitative estimate of drug-likeness (QED) is 0.564. The molecule has 1 rings (SSSR count). The van der Waals surface area contributed by atoms with Crippen LogP contribution in [0.25, 0.3) is 0 Å². The second-order valence-corrected chi connectivity index (χ2v) is 3.66. The molecule has 0 unspecified atom stereocenters. The maximum atomic E-state index is 9.09. The van der Waals surface area contributed by atoms with Gasteiger partial charge in [-0.3, -0.25) is 0 Å². The predicted octanol–water partition coefficient (Wildman–Crippen LogP) is 0.500. The normalized spacial score (nSPS) is 18.9. The summed E-state index contributed by atoms with van der Waals surface area (Å²) in [6.07, 6.45) is 1.91. The molecular formula is C10H21NO3. The molecule has 0 atom stereocenters. The van der Waals surface area contributed by atoms with Crippen LogP contribution < -0.4 is 5.32 Å². The van der Waals surface area contributed by atoms with Crippen molar-refractivity contribution in [1.82, 2.24) is 5.32 Å². The molecule has 1 aliphatic rings. The molecule has 4 nitrogen and oxygen atoms in total. The highest BCUT2D eigenvalue weighted by atomic mass is 16.7. The van der Waals surface area contributed by atoms with Gasteiger partial charge in [-0.05, 0) is 26.7 Å². The Balaban J connectivity index is 2.18. The van der Waals surface area contributed by atoms with E-state index in [1.807, 2.05) is 13.8 Å². The molecule has 0 aromatic carbocycles. The predicted molar refractivity (Wildman–Crippen MR) is 54.1 cm³/mol. The van der Waals surface area contributed by atoms with Crippen LogP contribution in [-0.2, 0) is 9.47 Å². The van der Waals surface area contributed by atoms with E-state index in [4.69, 9.17) is 14.6 Å². The maximum absolute atomic E-state index is 9.09. The molecule has 0 aliphatic heterocycles. The van der Waals surface area contributed by atoms with Gasteiger partial charge >= 0.3 is 0 Å². The van der Waals surface area contributed by atoms with Crippen LogP contribution in [0.15, 0.2) is 0 Å². The molecule has 2 N–H and O–H groups in total. The molecule has 0 bridgehead atoms. The topological polar surface area (TPSA) is 50.7 Å². The van der Waals surface area contributed by atoms with Crippen LogP contribution in [0.4, 0.5) is 0 Å². The molecule has 0 aromatic heterocycles. The summed E-state index contributed by atoms with van der Waals surface area (Å²) in [6.45, 7) is 6.06. The summed E-state index contributed by atoms with van der Waals surface area (Å²) in [5.41, 5.74) is -0.0353. The van der Waals surface area contributed by atoms with Crippen LogP contribution in [0.5, 0.6) is 0 Å². The average molecular weight is 203 g/mol. The van der Waals surface area contributed by atoms with Crippen LogP contribution in [0.1, 0.15) is 26.7 Å². The van der Waals surface area contributed by atoms with Crippen molar-refractivity contribution in [2.24, 2.45) is 0 Å². The van der Waals surface area contributed by atoms with E-state index in [0.717, 1.165) is 12.8 Å². The van der Waals surface area contributed by atoms with E-state index in [1.54, 1.807) is 0 Å². The Hall–Kier alpha value is -0.160. The molecule has 1 aliphatic carbocycles. The van der Waals surface area contributed by atoms with E-state index < -0.39 is 0 Å². The van der Waals surface area contributed by atoms with Crippen LogP contribution in [-0.4, -0.2) is 43.3 Å². The first-order valence-electron chi connectivity index (χ1n) is 5.35. The third kappa shape index (κ3) is 3.53. The molecule has 0 aromatic rings. The number of aliphatic hydroxyl groups is 1. The third-order valence-corrected chi connectivity index (χ3v) is 2.51. The first-order valence-corrected chi connectivity index (χ1v) is 5.35. The third-order valence-electron chi connectivity index (χ3n) is 2.51. The zero-order chi connectivity index (χ0) is 10.4. The number of aliphatic hydroxyl groups excluding tert-OH is 1. The Bertz CT molecular complexity index is 153. The second-order valence-electron chi connectivity index (χ2n) is 3.66. The van der Waals surface area contributed by atoms with Gasteiger partial charge in [0.05, 0.1) is 6.61 Å². The highest BCUT2D eigenvalue weighted by Gasteiger charge is 2.41. The lowest BCUT2D eigenvalue weighted by Crippen LogP contribution is -2.41. The lowest BCUT2D eigenvalue weighted by Gasteiger charge is -2.21. The van der Waals surface area contributed by atoms with E-state index in [-0.39, 0.29) is 18.4 Å². The molecule has 14 heavy (non-hydrogen) atoms. The van der Waals surface area contributed by atoms with E-state index in [9.17, 15) is 0 Å². The highest BCUT2D eigenvalue weighted by molar-refractivity contribution is 5.01. The van der Waals surface area contributed by atoms with Crippen molar-refractivity contribution in [3.8, 4) is 0 Å². The monoisotopic (exact) mass is 203 g/mol. The molecule has 1 saturated carbocycles. The summed E-state index contributed by atoms with van der Waals surface area (Å²) in [5.74, 6) is 0. The van der Waals surface area contributed by atoms with Gasteiger partial charge in [0.1, 0.15) is 0 Å². The van der Waals surface area contributed by atoms with Crippen molar-refractivity contribution in [2.75, 3.05) is 26.4 Å². The number of hydrogen-bond donors (Lipinski definition) is 2. The van der Waals surface area contributed by atoms with Crippen LogP contribution in [0, 0.1) is 0 Å². The molecule has 0 amide bonds. The fourth-order valence-corrected chi connectivity index (χ4v) is 1.38. The maximum Gasteiger partial charge on any atom is 0.169 e. The summed E-state index contributed by atoms with van der Waals surface area (Å²) in [4.78, 5) is 0. The summed E-state index contributed by atoms with van der Waals surface area (Å²) in [6, 6.07) is 0. The molecule has 4 heteroatoms. The molecular weight excluding hydrogens is 182 g/mol.